The fourth-order valence-electron chi connectivity index (χ4n) is 3.32. The molecule has 0 aliphatic rings. The largest absolute Gasteiger partial charge is 0.508 e. The highest BCUT2D eigenvalue weighted by Gasteiger charge is 1.97. The van der Waals surface area contributed by atoms with Gasteiger partial charge in [0, 0.05) is 27.4 Å². The Morgan fingerprint density at radius 2 is 0.805 bits per heavy atom. The van der Waals surface area contributed by atoms with E-state index >= 15 is 0 Å². The molecule has 3 rings (SSSR count). The van der Waals surface area contributed by atoms with Crippen LogP contribution >= 0.6 is 31.9 Å². The van der Waals surface area contributed by atoms with E-state index in [0.717, 1.165) is 66.7 Å². The molecule has 0 unspecified atom stereocenters. The number of hydrogen-bond donors (Lipinski definition) is 1. The summed E-state index contributed by atoms with van der Waals surface area (Å²) in [7, 11) is 0. The fourth-order valence-corrected chi connectivity index (χ4v) is 4.11. The third-order valence-corrected chi connectivity index (χ3v) is 6.78. The molecule has 0 atom stereocenters. The summed E-state index contributed by atoms with van der Waals surface area (Å²) in [5.41, 5.74) is 1.89. The van der Waals surface area contributed by atoms with Crippen LogP contribution in [0, 0.1) is 0 Å². The van der Waals surface area contributed by atoms with Crippen LogP contribution in [0.1, 0.15) is 82.4 Å². The van der Waals surface area contributed by atoms with Gasteiger partial charge < -0.3 is 14.6 Å². The summed E-state index contributed by atoms with van der Waals surface area (Å²) in [4.78, 5) is 31.2. The standard InChI is InChI=1S/C20H22O4.C7H6O2.C6H12Br2/c21-15-17-5-9-19(10-6-17)23-13-3-1-2-4-14-24-20-11-7-18(16-22)8-12-20;8-5-6-1-3-7(9)4-2-6;7-5-3-1-2-4-6-8/h5-12,15-16H,1-4,13-14H2;1-5,9H;1-6H2. The molecule has 0 saturated carbocycles. The van der Waals surface area contributed by atoms with E-state index in [9.17, 15) is 14.4 Å². The highest BCUT2D eigenvalue weighted by Crippen LogP contribution is 2.14. The minimum absolute atomic E-state index is 0.181. The van der Waals surface area contributed by atoms with Crippen molar-refractivity contribution in [2.24, 2.45) is 0 Å². The lowest BCUT2D eigenvalue weighted by molar-refractivity contribution is 0.111. The zero-order chi connectivity index (χ0) is 30.0. The number of ether oxygens (including phenoxy) is 2. The van der Waals surface area contributed by atoms with Crippen molar-refractivity contribution >= 4 is 50.7 Å². The maximum atomic E-state index is 10.6. The summed E-state index contributed by atoms with van der Waals surface area (Å²) in [5.74, 6) is 1.77. The number of hydrogen-bond acceptors (Lipinski definition) is 6. The lowest BCUT2D eigenvalue weighted by Crippen LogP contribution is -2.00. The van der Waals surface area contributed by atoms with Crippen LogP contribution in [0.15, 0.2) is 72.8 Å². The third-order valence-electron chi connectivity index (χ3n) is 5.65. The smallest absolute Gasteiger partial charge is 0.150 e. The van der Waals surface area contributed by atoms with Crippen molar-refractivity contribution in [2.75, 3.05) is 23.9 Å². The Labute approximate surface area is 260 Å². The molecule has 0 aromatic heterocycles. The SMILES string of the molecule is BrCCCCCCBr.O=Cc1ccc(O)cc1.O=Cc1ccc(OCCCCCCOc2ccc(C=O)cc2)cc1. The van der Waals surface area contributed by atoms with Crippen LogP contribution in [0.25, 0.3) is 0 Å². The fraction of sp³-hybridized carbons (Fsp3) is 0.364. The number of phenols is 1. The predicted molar refractivity (Wildman–Crippen MR) is 173 cm³/mol. The molecule has 0 heterocycles. The van der Waals surface area contributed by atoms with Gasteiger partial charge in [-0.05, 0) is 111 Å². The number of benzene rings is 3. The van der Waals surface area contributed by atoms with Gasteiger partial charge in [-0.25, -0.2) is 0 Å². The molecule has 1 N–H and O–H groups in total. The van der Waals surface area contributed by atoms with E-state index in [-0.39, 0.29) is 5.75 Å². The maximum Gasteiger partial charge on any atom is 0.150 e. The van der Waals surface area contributed by atoms with E-state index in [1.165, 1.54) is 37.8 Å². The molecular formula is C33H40Br2O6. The van der Waals surface area contributed by atoms with Crippen LogP contribution in [0.2, 0.25) is 0 Å². The van der Waals surface area contributed by atoms with Gasteiger partial charge in [0.15, 0.2) is 0 Å². The number of unbranched alkanes of at least 4 members (excludes halogenated alkanes) is 6. The predicted octanol–water partition coefficient (Wildman–Crippen LogP) is 8.87. The molecule has 0 aliphatic heterocycles. The van der Waals surface area contributed by atoms with E-state index in [1.807, 2.05) is 24.3 Å². The van der Waals surface area contributed by atoms with Crippen molar-refractivity contribution in [3.05, 3.63) is 89.5 Å². The van der Waals surface area contributed by atoms with Crippen LogP contribution in [0.5, 0.6) is 17.2 Å². The number of aromatic hydroxyl groups is 1. The lowest BCUT2D eigenvalue weighted by Gasteiger charge is -2.07. The monoisotopic (exact) mass is 690 g/mol. The van der Waals surface area contributed by atoms with E-state index in [2.05, 4.69) is 31.9 Å². The number of rotatable bonds is 17. The molecule has 41 heavy (non-hydrogen) atoms. The topological polar surface area (TPSA) is 89.9 Å². The van der Waals surface area contributed by atoms with Crippen molar-refractivity contribution in [1.29, 1.82) is 0 Å². The molecule has 0 fully saturated rings. The average molecular weight is 692 g/mol. The molecule has 6 nitrogen and oxygen atoms in total. The van der Waals surface area contributed by atoms with Gasteiger partial charge in [-0.2, -0.15) is 0 Å². The van der Waals surface area contributed by atoms with Gasteiger partial charge in [-0.3, -0.25) is 14.4 Å². The zero-order valence-corrected chi connectivity index (χ0v) is 26.6. The van der Waals surface area contributed by atoms with Gasteiger partial charge in [-0.15, -0.1) is 0 Å². The number of alkyl halides is 2. The second kappa shape index (κ2) is 24.8. The summed E-state index contributed by atoms with van der Waals surface area (Å²) in [6.07, 6.45) is 11.9. The average Bonchev–Trinajstić information content (AvgIpc) is 3.02. The molecule has 8 heteroatoms. The molecule has 0 bridgehead atoms. The highest BCUT2D eigenvalue weighted by molar-refractivity contribution is 9.09. The molecule has 0 saturated heterocycles. The third kappa shape index (κ3) is 18.9. The Balaban J connectivity index is 0.000000403. The summed E-state index contributed by atoms with van der Waals surface area (Å²) in [5, 5.41) is 11.1. The molecule has 3 aromatic rings. The van der Waals surface area contributed by atoms with Crippen molar-refractivity contribution in [1.82, 2.24) is 0 Å². The van der Waals surface area contributed by atoms with E-state index in [1.54, 1.807) is 36.4 Å². The Kier molecular flexibility index (Phi) is 21.8. The Bertz CT molecular complexity index is 1010. The van der Waals surface area contributed by atoms with Gasteiger partial charge >= 0.3 is 0 Å². The van der Waals surface area contributed by atoms with Crippen LogP contribution in [-0.2, 0) is 0 Å². The van der Waals surface area contributed by atoms with Gasteiger partial charge in [0.2, 0.25) is 0 Å². The number of carbonyl (C=O) groups excluding carboxylic acids is 3. The van der Waals surface area contributed by atoms with Gasteiger partial charge in [0.25, 0.3) is 0 Å². The van der Waals surface area contributed by atoms with Crippen LogP contribution in [0.4, 0.5) is 0 Å². The first-order valence-electron chi connectivity index (χ1n) is 13.8. The van der Waals surface area contributed by atoms with Gasteiger partial charge in [0.1, 0.15) is 36.1 Å². The number of halogens is 2. The van der Waals surface area contributed by atoms with E-state index < -0.39 is 0 Å². The number of phenolic OH excluding ortho intramolecular Hbond substituents is 1. The minimum atomic E-state index is 0.181. The Morgan fingerprint density at radius 3 is 1.12 bits per heavy atom. The first-order valence-corrected chi connectivity index (χ1v) is 16.0. The van der Waals surface area contributed by atoms with E-state index in [4.69, 9.17) is 14.6 Å². The van der Waals surface area contributed by atoms with Gasteiger partial charge in [-0.1, -0.05) is 44.7 Å². The van der Waals surface area contributed by atoms with Crippen LogP contribution in [-0.4, -0.2) is 47.8 Å². The molecule has 0 radical (unpaired) electrons. The molecular weight excluding hydrogens is 652 g/mol. The second-order valence-electron chi connectivity index (χ2n) is 8.99. The second-order valence-corrected chi connectivity index (χ2v) is 10.6. The Hall–Kier alpha value is -2.97. The first-order chi connectivity index (χ1) is 20.1. The van der Waals surface area contributed by atoms with Crippen molar-refractivity contribution < 1.29 is 29.0 Å². The number of carbonyl (C=O) groups is 3. The summed E-state index contributed by atoms with van der Waals surface area (Å²) < 4.78 is 11.3. The first kappa shape index (κ1) is 36.1. The molecule has 0 aliphatic carbocycles. The lowest BCUT2D eigenvalue weighted by atomic mass is 10.2. The number of aldehydes is 3. The molecule has 222 valence electrons. The minimum Gasteiger partial charge on any atom is -0.508 e. The normalized spacial score (nSPS) is 9.80. The van der Waals surface area contributed by atoms with Crippen molar-refractivity contribution in [3.8, 4) is 17.2 Å². The van der Waals surface area contributed by atoms with Crippen LogP contribution in [0.3, 0.4) is 0 Å². The summed E-state index contributed by atoms with van der Waals surface area (Å²) in [6.45, 7) is 1.35. The van der Waals surface area contributed by atoms with Crippen molar-refractivity contribution in [3.63, 3.8) is 0 Å². The molecule has 3 aromatic carbocycles. The Morgan fingerprint density at radius 1 is 0.488 bits per heavy atom. The molecule has 0 spiro atoms. The molecule has 0 amide bonds. The maximum absolute atomic E-state index is 10.6. The quantitative estimate of drug-likeness (QED) is 0.0864. The zero-order valence-electron chi connectivity index (χ0n) is 23.4. The summed E-state index contributed by atoms with van der Waals surface area (Å²) in [6, 6.07) is 20.3. The summed E-state index contributed by atoms with van der Waals surface area (Å²) >= 11 is 6.78. The van der Waals surface area contributed by atoms with Crippen molar-refractivity contribution in [2.45, 2.75) is 51.4 Å². The van der Waals surface area contributed by atoms with Crippen LogP contribution < -0.4 is 9.47 Å². The van der Waals surface area contributed by atoms with E-state index in [0.29, 0.717) is 29.9 Å². The highest BCUT2D eigenvalue weighted by atomic mass is 79.9. The van der Waals surface area contributed by atoms with Gasteiger partial charge in [0.05, 0.1) is 13.2 Å².